The van der Waals surface area contributed by atoms with Crippen LogP contribution in [0.4, 0.5) is 5.69 Å². The van der Waals surface area contributed by atoms with Gasteiger partial charge in [0.05, 0.1) is 0 Å². The van der Waals surface area contributed by atoms with Crippen molar-refractivity contribution in [2.75, 3.05) is 5.73 Å². The van der Waals surface area contributed by atoms with Crippen molar-refractivity contribution >= 4 is 5.69 Å². The summed E-state index contributed by atoms with van der Waals surface area (Å²) in [5.41, 5.74) is 13.7. The monoisotopic (exact) mass is 243 g/mol. The third kappa shape index (κ3) is 1.52. The van der Waals surface area contributed by atoms with Crippen LogP contribution in [0.1, 0.15) is 73.6 Å². The van der Waals surface area contributed by atoms with E-state index in [1.165, 1.54) is 55.2 Å². The van der Waals surface area contributed by atoms with Crippen molar-refractivity contribution < 1.29 is 0 Å². The molecule has 3 rings (SSSR count). The summed E-state index contributed by atoms with van der Waals surface area (Å²) in [6.07, 6.45) is 8.32. The summed E-state index contributed by atoms with van der Waals surface area (Å²) in [5, 5.41) is 0. The first-order valence-electron chi connectivity index (χ1n) is 7.45. The van der Waals surface area contributed by atoms with Crippen molar-refractivity contribution in [3.8, 4) is 0 Å². The van der Waals surface area contributed by atoms with Crippen LogP contribution in [0.25, 0.3) is 0 Å². The molecular weight excluding hydrogens is 218 g/mol. The average molecular weight is 243 g/mol. The van der Waals surface area contributed by atoms with Gasteiger partial charge < -0.3 is 5.73 Å². The summed E-state index contributed by atoms with van der Waals surface area (Å²) >= 11 is 0. The van der Waals surface area contributed by atoms with Crippen LogP contribution in [-0.4, -0.2) is 0 Å². The molecule has 1 heteroatoms. The van der Waals surface area contributed by atoms with Crippen molar-refractivity contribution in [2.24, 2.45) is 0 Å². The Morgan fingerprint density at radius 3 is 2.50 bits per heavy atom. The highest BCUT2D eigenvalue weighted by Crippen LogP contribution is 2.55. The second kappa shape index (κ2) is 4.01. The molecule has 0 aliphatic heterocycles. The van der Waals surface area contributed by atoms with Gasteiger partial charge in [0, 0.05) is 5.69 Å². The third-order valence-corrected chi connectivity index (χ3v) is 5.51. The Hall–Kier alpha value is -0.980. The molecule has 1 spiro atoms. The van der Waals surface area contributed by atoms with Crippen LogP contribution in [0, 0.1) is 13.8 Å². The van der Waals surface area contributed by atoms with Gasteiger partial charge in [0.2, 0.25) is 0 Å². The number of aryl methyl sites for hydroxylation is 1. The Balaban J connectivity index is 2.18. The predicted molar refractivity (Wildman–Crippen MR) is 78.1 cm³/mol. The Labute approximate surface area is 111 Å². The van der Waals surface area contributed by atoms with E-state index in [9.17, 15) is 0 Å². The zero-order valence-corrected chi connectivity index (χ0v) is 12.0. The maximum Gasteiger partial charge on any atom is 0.0384 e. The molecule has 98 valence electrons. The van der Waals surface area contributed by atoms with Gasteiger partial charge in [0.15, 0.2) is 0 Å². The fourth-order valence-corrected chi connectivity index (χ4v) is 4.43. The molecule has 1 aromatic rings. The molecule has 1 atom stereocenters. The topological polar surface area (TPSA) is 26.0 Å². The highest BCUT2D eigenvalue weighted by atomic mass is 14.6. The van der Waals surface area contributed by atoms with Gasteiger partial charge in [-0.15, -0.1) is 0 Å². The van der Waals surface area contributed by atoms with Crippen molar-refractivity contribution in [1.82, 2.24) is 0 Å². The Morgan fingerprint density at radius 1 is 1.17 bits per heavy atom. The molecule has 1 nitrogen and oxygen atoms in total. The number of benzene rings is 1. The quantitative estimate of drug-likeness (QED) is 0.662. The molecule has 18 heavy (non-hydrogen) atoms. The summed E-state index contributed by atoms with van der Waals surface area (Å²) in [4.78, 5) is 0. The summed E-state index contributed by atoms with van der Waals surface area (Å²) in [6.45, 7) is 6.75. The van der Waals surface area contributed by atoms with Crippen LogP contribution in [0.3, 0.4) is 0 Å². The van der Waals surface area contributed by atoms with Gasteiger partial charge in [-0.2, -0.15) is 0 Å². The second-order valence-corrected chi connectivity index (χ2v) is 6.64. The standard InChI is InChI=1S/C17H25N/c1-11-9-14-15(16(18)13(11)3)12(2)10-17(14)7-5-4-6-8-17/h9,12H,4-8,10,18H2,1-3H3/t12-/m0/s1. The molecule has 2 aliphatic rings. The molecular formula is C17H25N. The summed E-state index contributed by atoms with van der Waals surface area (Å²) in [6, 6.07) is 2.45. The van der Waals surface area contributed by atoms with E-state index in [0.717, 1.165) is 5.69 Å². The first-order valence-corrected chi connectivity index (χ1v) is 7.45. The van der Waals surface area contributed by atoms with Gasteiger partial charge in [0.1, 0.15) is 0 Å². The molecule has 2 aliphatic carbocycles. The zero-order chi connectivity index (χ0) is 12.9. The molecule has 2 N–H and O–H groups in total. The minimum Gasteiger partial charge on any atom is -0.398 e. The Kier molecular flexibility index (Phi) is 2.69. The van der Waals surface area contributed by atoms with Gasteiger partial charge in [-0.3, -0.25) is 0 Å². The van der Waals surface area contributed by atoms with Gasteiger partial charge in [-0.05, 0) is 66.7 Å². The van der Waals surface area contributed by atoms with Crippen LogP contribution in [-0.2, 0) is 5.41 Å². The van der Waals surface area contributed by atoms with Crippen molar-refractivity contribution in [2.45, 2.75) is 70.6 Å². The number of nitrogens with two attached hydrogens (primary N) is 1. The summed E-state index contributed by atoms with van der Waals surface area (Å²) in [7, 11) is 0. The molecule has 1 saturated carbocycles. The molecule has 0 unspecified atom stereocenters. The number of rotatable bonds is 0. The molecule has 0 radical (unpaired) electrons. The summed E-state index contributed by atoms with van der Waals surface area (Å²) < 4.78 is 0. The van der Waals surface area contributed by atoms with E-state index in [1.54, 1.807) is 5.56 Å². The van der Waals surface area contributed by atoms with E-state index < -0.39 is 0 Å². The minimum absolute atomic E-state index is 0.472. The van der Waals surface area contributed by atoms with Crippen molar-refractivity contribution in [3.63, 3.8) is 0 Å². The maximum atomic E-state index is 6.42. The average Bonchev–Trinajstić information content (AvgIpc) is 2.60. The number of hydrogen-bond acceptors (Lipinski definition) is 1. The molecule has 0 bridgehead atoms. The van der Waals surface area contributed by atoms with Crippen molar-refractivity contribution in [3.05, 3.63) is 28.3 Å². The van der Waals surface area contributed by atoms with Gasteiger partial charge in [-0.25, -0.2) is 0 Å². The van der Waals surface area contributed by atoms with E-state index in [-0.39, 0.29) is 0 Å². The van der Waals surface area contributed by atoms with Crippen LogP contribution in [0.2, 0.25) is 0 Å². The highest BCUT2D eigenvalue weighted by molar-refractivity contribution is 5.64. The van der Waals surface area contributed by atoms with E-state index in [1.807, 2.05) is 0 Å². The first-order chi connectivity index (χ1) is 8.55. The van der Waals surface area contributed by atoms with Crippen LogP contribution in [0.5, 0.6) is 0 Å². The fraction of sp³-hybridized carbons (Fsp3) is 0.647. The van der Waals surface area contributed by atoms with Gasteiger partial charge in [0.25, 0.3) is 0 Å². The smallest absolute Gasteiger partial charge is 0.0384 e. The summed E-state index contributed by atoms with van der Waals surface area (Å²) in [5.74, 6) is 0.650. The lowest BCUT2D eigenvalue weighted by molar-refractivity contribution is 0.282. The highest BCUT2D eigenvalue weighted by Gasteiger charge is 2.43. The van der Waals surface area contributed by atoms with Gasteiger partial charge in [-0.1, -0.05) is 32.3 Å². The molecule has 1 fully saturated rings. The number of anilines is 1. The molecule has 0 heterocycles. The van der Waals surface area contributed by atoms with E-state index in [4.69, 9.17) is 5.73 Å². The van der Waals surface area contributed by atoms with Gasteiger partial charge >= 0.3 is 0 Å². The third-order valence-electron chi connectivity index (χ3n) is 5.51. The van der Waals surface area contributed by atoms with E-state index in [2.05, 4.69) is 26.8 Å². The fourth-order valence-electron chi connectivity index (χ4n) is 4.43. The number of fused-ring (bicyclic) bond motifs is 2. The minimum atomic E-state index is 0.472. The molecule has 0 saturated heterocycles. The first kappa shape index (κ1) is 12.1. The SMILES string of the molecule is Cc1cc2c(c(N)c1C)[C@@H](C)CC21CCCCC1. The maximum absolute atomic E-state index is 6.42. The normalized spacial score (nSPS) is 25.4. The number of nitrogen functional groups attached to an aromatic ring is 1. The Bertz CT molecular complexity index is 481. The van der Waals surface area contributed by atoms with Crippen molar-refractivity contribution in [1.29, 1.82) is 0 Å². The van der Waals surface area contributed by atoms with Crippen LogP contribution in [0.15, 0.2) is 6.07 Å². The molecule has 1 aromatic carbocycles. The van der Waals surface area contributed by atoms with Crippen LogP contribution >= 0.6 is 0 Å². The van der Waals surface area contributed by atoms with E-state index >= 15 is 0 Å². The van der Waals surface area contributed by atoms with E-state index in [0.29, 0.717) is 11.3 Å². The molecule has 0 amide bonds. The lowest BCUT2D eigenvalue weighted by Gasteiger charge is -2.35. The second-order valence-electron chi connectivity index (χ2n) is 6.64. The molecule has 0 aromatic heterocycles. The Morgan fingerprint density at radius 2 is 1.83 bits per heavy atom. The lowest BCUT2D eigenvalue weighted by atomic mass is 9.69. The zero-order valence-electron chi connectivity index (χ0n) is 12.0. The predicted octanol–water partition coefficient (Wildman–Crippen LogP) is 4.59. The van der Waals surface area contributed by atoms with Crippen LogP contribution < -0.4 is 5.73 Å². The largest absolute Gasteiger partial charge is 0.398 e. The number of hydrogen-bond donors (Lipinski definition) is 1. The lowest BCUT2D eigenvalue weighted by Crippen LogP contribution is -2.26.